The van der Waals surface area contributed by atoms with Gasteiger partial charge in [0.25, 0.3) is 0 Å². The van der Waals surface area contributed by atoms with Crippen LogP contribution in [0.3, 0.4) is 0 Å². The number of hydrogen-bond acceptors (Lipinski definition) is 3. The zero-order valence-electron chi connectivity index (χ0n) is 12.9. The van der Waals surface area contributed by atoms with Crippen molar-refractivity contribution in [1.82, 2.24) is 10.3 Å². The predicted octanol–water partition coefficient (Wildman–Crippen LogP) is 3.96. The van der Waals surface area contributed by atoms with Crippen LogP contribution in [0.25, 0.3) is 0 Å². The lowest BCUT2D eigenvalue weighted by Crippen LogP contribution is -2.24. The van der Waals surface area contributed by atoms with Crippen LogP contribution in [0.4, 0.5) is 0 Å². The van der Waals surface area contributed by atoms with Gasteiger partial charge >= 0.3 is 0 Å². The normalized spacial score (nSPS) is 12.1. The fourth-order valence-corrected chi connectivity index (χ4v) is 2.31. The van der Waals surface area contributed by atoms with E-state index >= 15 is 0 Å². The van der Waals surface area contributed by atoms with E-state index in [0.29, 0.717) is 0 Å². The lowest BCUT2D eigenvalue weighted by atomic mass is 9.99. The van der Waals surface area contributed by atoms with Gasteiger partial charge in [-0.25, -0.2) is 0 Å². The first-order valence-corrected chi connectivity index (χ1v) is 7.71. The average molecular weight is 284 g/mol. The molecule has 0 aliphatic rings. The highest BCUT2D eigenvalue weighted by Gasteiger charge is 2.17. The lowest BCUT2D eigenvalue weighted by Gasteiger charge is -2.22. The molecular weight excluding hydrogens is 260 g/mol. The summed E-state index contributed by atoms with van der Waals surface area (Å²) in [6, 6.07) is 12.5. The van der Waals surface area contributed by atoms with Crippen molar-refractivity contribution < 1.29 is 4.74 Å². The molecule has 0 aliphatic heterocycles. The Labute approximate surface area is 127 Å². The highest BCUT2D eigenvalue weighted by Crippen LogP contribution is 2.29. The molecule has 112 valence electrons. The van der Waals surface area contributed by atoms with Crippen molar-refractivity contribution in [2.75, 3.05) is 13.2 Å². The molecule has 0 fully saturated rings. The van der Waals surface area contributed by atoms with E-state index < -0.39 is 0 Å². The van der Waals surface area contributed by atoms with Crippen molar-refractivity contribution in [3.63, 3.8) is 0 Å². The SMILES string of the molecule is CCCNC(c1cccnc1)c1ccccc1OCCC. The van der Waals surface area contributed by atoms with Gasteiger partial charge in [0.1, 0.15) is 5.75 Å². The summed E-state index contributed by atoms with van der Waals surface area (Å²) in [7, 11) is 0. The van der Waals surface area contributed by atoms with E-state index in [9.17, 15) is 0 Å². The van der Waals surface area contributed by atoms with Crippen LogP contribution in [0.1, 0.15) is 43.9 Å². The number of rotatable bonds is 8. The summed E-state index contributed by atoms with van der Waals surface area (Å²) in [4.78, 5) is 4.25. The van der Waals surface area contributed by atoms with Crippen molar-refractivity contribution >= 4 is 0 Å². The number of ether oxygens (including phenoxy) is 1. The minimum absolute atomic E-state index is 0.117. The van der Waals surface area contributed by atoms with Gasteiger partial charge in [-0.1, -0.05) is 38.1 Å². The maximum absolute atomic E-state index is 5.91. The maximum Gasteiger partial charge on any atom is 0.124 e. The molecule has 1 heterocycles. The Hall–Kier alpha value is -1.87. The summed E-state index contributed by atoms with van der Waals surface area (Å²) < 4.78 is 5.91. The Morgan fingerprint density at radius 2 is 1.95 bits per heavy atom. The van der Waals surface area contributed by atoms with Crippen LogP contribution < -0.4 is 10.1 Å². The molecule has 0 bridgehead atoms. The molecule has 2 aromatic rings. The minimum atomic E-state index is 0.117. The molecule has 0 saturated heterocycles. The van der Waals surface area contributed by atoms with Crippen molar-refractivity contribution in [1.29, 1.82) is 0 Å². The van der Waals surface area contributed by atoms with Gasteiger partial charge in [-0.15, -0.1) is 0 Å². The van der Waals surface area contributed by atoms with Crippen LogP contribution in [0.15, 0.2) is 48.8 Å². The highest BCUT2D eigenvalue weighted by atomic mass is 16.5. The molecular formula is C18H24N2O. The van der Waals surface area contributed by atoms with Gasteiger partial charge in [-0.2, -0.15) is 0 Å². The molecule has 0 aliphatic carbocycles. The summed E-state index contributed by atoms with van der Waals surface area (Å²) in [5.41, 5.74) is 2.34. The predicted molar refractivity (Wildman–Crippen MR) is 86.6 cm³/mol. The van der Waals surface area contributed by atoms with Gasteiger partial charge in [0.15, 0.2) is 0 Å². The third-order valence-corrected chi connectivity index (χ3v) is 3.31. The second-order valence-corrected chi connectivity index (χ2v) is 5.06. The largest absolute Gasteiger partial charge is 0.493 e. The smallest absolute Gasteiger partial charge is 0.124 e. The third-order valence-electron chi connectivity index (χ3n) is 3.31. The van der Waals surface area contributed by atoms with Crippen molar-refractivity contribution in [3.8, 4) is 5.75 Å². The molecule has 1 unspecified atom stereocenters. The average Bonchev–Trinajstić information content (AvgIpc) is 2.55. The van der Waals surface area contributed by atoms with Crippen LogP contribution in [0, 0.1) is 0 Å². The van der Waals surface area contributed by atoms with Gasteiger partial charge in [0.05, 0.1) is 12.6 Å². The second kappa shape index (κ2) is 8.42. The fraction of sp³-hybridized carbons (Fsp3) is 0.389. The number of aromatic nitrogens is 1. The minimum Gasteiger partial charge on any atom is -0.493 e. The van der Waals surface area contributed by atoms with Crippen LogP contribution >= 0.6 is 0 Å². The number of nitrogens with zero attached hydrogens (tertiary/aromatic N) is 1. The Morgan fingerprint density at radius 1 is 1.10 bits per heavy atom. The third kappa shape index (κ3) is 4.30. The van der Waals surface area contributed by atoms with E-state index in [4.69, 9.17) is 4.74 Å². The highest BCUT2D eigenvalue weighted by molar-refractivity contribution is 5.41. The molecule has 1 aromatic carbocycles. The Morgan fingerprint density at radius 3 is 2.67 bits per heavy atom. The Bertz CT molecular complexity index is 528. The first-order chi connectivity index (χ1) is 10.4. The Kier molecular flexibility index (Phi) is 6.22. The molecule has 2 rings (SSSR count). The van der Waals surface area contributed by atoms with Gasteiger partial charge < -0.3 is 10.1 Å². The maximum atomic E-state index is 5.91. The summed E-state index contributed by atoms with van der Waals surface area (Å²) in [6.45, 7) is 6.00. The summed E-state index contributed by atoms with van der Waals surface area (Å²) in [5.74, 6) is 0.955. The molecule has 21 heavy (non-hydrogen) atoms. The number of pyridine rings is 1. The summed E-state index contributed by atoms with van der Waals surface area (Å²) in [5, 5.41) is 3.60. The van der Waals surface area contributed by atoms with Gasteiger partial charge in [0, 0.05) is 18.0 Å². The van der Waals surface area contributed by atoms with Crippen LogP contribution in [-0.4, -0.2) is 18.1 Å². The molecule has 0 saturated carbocycles. The number of nitrogens with one attached hydrogen (secondary N) is 1. The number of hydrogen-bond donors (Lipinski definition) is 1. The molecule has 0 amide bonds. The van der Waals surface area contributed by atoms with Crippen molar-refractivity contribution in [2.24, 2.45) is 0 Å². The lowest BCUT2D eigenvalue weighted by molar-refractivity contribution is 0.311. The molecule has 3 heteroatoms. The van der Waals surface area contributed by atoms with E-state index in [1.807, 2.05) is 24.4 Å². The van der Waals surface area contributed by atoms with Gasteiger partial charge in [0.2, 0.25) is 0 Å². The zero-order valence-corrected chi connectivity index (χ0v) is 12.9. The molecule has 0 spiro atoms. The first-order valence-electron chi connectivity index (χ1n) is 7.71. The second-order valence-electron chi connectivity index (χ2n) is 5.06. The van der Waals surface area contributed by atoms with Crippen molar-refractivity contribution in [3.05, 3.63) is 59.9 Å². The number of para-hydroxylation sites is 1. The zero-order chi connectivity index (χ0) is 14.9. The van der Waals surface area contributed by atoms with E-state index in [0.717, 1.165) is 31.7 Å². The summed E-state index contributed by atoms with van der Waals surface area (Å²) in [6.07, 6.45) is 5.83. The van der Waals surface area contributed by atoms with Gasteiger partial charge in [-0.05, 0) is 37.1 Å². The monoisotopic (exact) mass is 284 g/mol. The van der Waals surface area contributed by atoms with E-state index in [2.05, 4.69) is 42.3 Å². The topological polar surface area (TPSA) is 34.2 Å². The van der Waals surface area contributed by atoms with Crippen molar-refractivity contribution in [2.45, 2.75) is 32.7 Å². The first kappa shape index (κ1) is 15.5. The van der Waals surface area contributed by atoms with Crippen LogP contribution in [0.2, 0.25) is 0 Å². The standard InChI is InChI=1S/C18H24N2O/c1-3-11-20-18(15-8-7-12-19-14-15)16-9-5-6-10-17(16)21-13-4-2/h5-10,12,14,18,20H,3-4,11,13H2,1-2H3. The molecule has 1 atom stereocenters. The van der Waals surface area contributed by atoms with Crippen LogP contribution in [-0.2, 0) is 0 Å². The molecule has 1 aromatic heterocycles. The van der Waals surface area contributed by atoms with E-state index in [-0.39, 0.29) is 6.04 Å². The molecule has 3 nitrogen and oxygen atoms in total. The van der Waals surface area contributed by atoms with Crippen LogP contribution in [0.5, 0.6) is 5.75 Å². The fourth-order valence-electron chi connectivity index (χ4n) is 2.31. The number of benzene rings is 1. The van der Waals surface area contributed by atoms with E-state index in [1.165, 1.54) is 11.1 Å². The van der Waals surface area contributed by atoms with E-state index in [1.54, 1.807) is 6.20 Å². The Balaban J connectivity index is 2.32. The molecule has 0 radical (unpaired) electrons. The molecule has 1 N–H and O–H groups in total. The van der Waals surface area contributed by atoms with Gasteiger partial charge in [-0.3, -0.25) is 4.98 Å². The summed E-state index contributed by atoms with van der Waals surface area (Å²) >= 11 is 0. The quantitative estimate of drug-likeness (QED) is 0.796.